The number of rotatable bonds is 6. The maximum atomic E-state index is 13.2. The third-order valence-electron chi connectivity index (χ3n) is 5.90. The number of nitrogens with zero attached hydrogens (tertiary/aromatic N) is 2. The smallest absolute Gasteiger partial charge is 0.243 e. The highest BCUT2D eigenvalue weighted by molar-refractivity contribution is 7.89. The lowest BCUT2D eigenvalue weighted by Crippen LogP contribution is -2.49. The molecule has 29 heavy (non-hydrogen) atoms. The van der Waals surface area contributed by atoms with Crippen LogP contribution < -0.4 is 10.1 Å². The summed E-state index contributed by atoms with van der Waals surface area (Å²) in [6, 6.07) is 5.15. The van der Waals surface area contributed by atoms with Crippen LogP contribution in [0.25, 0.3) is 0 Å². The quantitative estimate of drug-likeness (QED) is 0.757. The number of piperidine rings is 2. The second kappa shape index (κ2) is 9.45. The minimum atomic E-state index is -3.63. The van der Waals surface area contributed by atoms with Crippen LogP contribution in [0.15, 0.2) is 23.1 Å². The summed E-state index contributed by atoms with van der Waals surface area (Å²) in [7, 11) is -1.54. The van der Waals surface area contributed by atoms with Crippen LogP contribution in [0.5, 0.6) is 5.75 Å². The van der Waals surface area contributed by atoms with Gasteiger partial charge in [-0.25, -0.2) is 8.42 Å². The van der Waals surface area contributed by atoms with Crippen LogP contribution in [0.2, 0.25) is 0 Å². The maximum absolute atomic E-state index is 13.2. The van der Waals surface area contributed by atoms with Gasteiger partial charge in [-0.3, -0.25) is 4.79 Å². The molecule has 7 nitrogen and oxygen atoms in total. The van der Waals surface area contributed by atoms with E-state index in [-0.39, 0.29) is 29.3 Å². The summed E-state index contributed by atoms with van der Waals surface area (Å²) in [5.74, 6) is 0.393. The van der Waals surface area contributed by atoms with Crippen molar-refractivity contribution in [3.63, 3.8) is 0 Å². The van der Waals surface area contributed by atoms with Crippen molar-refractivity contribution in [2.24, 2.45) is 5.92 Å². The van der Waals surface area contributed by atoms with Crippen molar-refractivity contribution in [3.8, 4) is 5.75 Å². The van der Waals surface area contributed by atoms with E-state index >= 15 is 0 Å². The van der Waals surface area contributed by atoms with Crippen LogP contribution in [-0.2, 0) is 14.8 Å². The maximum Gasteiger partial charge on any atom is 0.243 e. The Morgan fingerprint density at radius 3 is 2.59 bits per heavy atom. The molecule has 3 rings (SSSR count). The number of hydrogen-bond acceptors (Lipinski definition) is 5. The number of ether oxygens (including phenoxy) is 1. The topological polar surface area (TPSA) is 79.0 Å². The van der Waals surface area contributed by atoms with E-state index in [1.807, 2.05) is 13.8 Å². The minimum Gasteiger partial charge on any atom is -0.494 e. The van der Waals surface area contributed by atoms with Gasteiger partial charge in [0.25, 0.3) is 0 Å². The summed E-state index contributed by atoms with van der Waals surface area (Å²) in [5.41, 5.74) is 0.793. The molecule has 2 fully saturated rings. The van der Waals surface area contributed by atoms with Gasteiger partial charge in [-0.1, -0.05) is 0 Å². The van der Waals surface area contributed by atoms with E-state index in [4.69, 9.17) is 4.74 Å². The third-order valence-corrected chi connectivity index (χ3v) is 7.77. The summed E-state index contributed by atoms with van der Waals surface area (Å²) in [6.07, 6.45) is 3.32. The zero-order valence-corrected chi connectivity index (χ0v) is 18.5. The van der Waals surface area contributed by atoms with E-state index < -0.39 is 10.0 Å². The Balaban J connectivity index is 1.66. The predicted octanol–water partition coefficient (Wildman–Crippen LogP) is 2.00. The van der Waals surface area contributed by atoms with Gasteiger partial charge in [0.15, 0.2) is 0 Å². The van der Waals surface area contributed by atoms with Crippen molar-refractivity contribution in [2.45, 2.75) is 50.5 Å². The Kier molecular flexibility index (Phi) is 7.19. The van der Waals surface area contributed by atoms with Crippen LogP contribution in [0.1, 0.15) is 38.2 Å². The molecule has 0 saturated carbocycles. The molecule has 8 heteroatoms. The van der Waals surface area contributed by atoms with Gasteiger partial charge in [-0.15, -0.1) is 0 Å². The molecule has 2 saturated heterocycles. The van der Waals surface area contributed by atoms with Gasteiger partial charge in [0.1, 0.15) is 5.75 Å². The number of carbonyl (C=O) groups is 1. The molecule has 1 atom stereocenters. The first-order valence-electron chi connectivity index (χ1n) is 10.5. The fourth-order valence-corrected chi connectivity index (χ4v) is 5.71. The fourth-order valence-electron chi connectivity index (χ4n) is 4.10. The molecular weight excluding hydrogens is 390 g/mol. The lowest BCUT2D eigenvalue weighted by molar-refractivity contribution is -0.127. The number of sulfonamides is 1. The highest BCUT2D eigenvalue weighted by Gasteiger charge is 2.34. The molecule has 162 valence electrons. The van der Waals surface area contributed by atoms with Crippen molar-refractivity contribution >= 4 is 15.9 Å². The van der Waals surface area contributed by atoms with Gasteiger partial charge >= 0.3 is 0 Å². The molecule has 1 unspecified atom stereocenters. The molecule has 0 aromatic heterocycles. The molecule has 2 aliphatic rings. The van der Waals surface area contributed by atoms with E-state index in [0.29, 0.717) is 25.3 Å². The molecule has 1 aromatic carbocycles. The second-order valence-electron chi connectivity index (χ2n) is 8.15. The molecule has 1 aromatic rings. The van der Waals surface area contributed by atoms with Crippen molar-refractivity contribution in [1.82, 2.24) is 14.5 Å². The van der Waals surface area contributed by atoms with E-state index in [0.717, 1.165) is 37.9 Å². The van der Waals surface area contributed by atoms with Crippen LogP contribution in [0.4, 0.5) is 0 Å². The second-order valence-corrected chi connectivity index (χ2v) is 10.1. The lowest BCUT2D eigenvalue weighted by Gasteiger charge is -2.34. The highest BCUT2D eigenvalue weighted by atomic mass is 32.2. The largest absolute Gasteiger partial charge is 0.494 e. The van der Waals surface area contributed by atoms with E-state index in [1.54, 1.807) is 18.2 Å². The first kappa shape index (κ1) is 22.1. The van der Waals surface area contributed by atoms with Gasteiger partial charge in [0, 0.05) is 19.1 Å². The Morgan fingerprint density at radius 2 is 1.93 bits per heavy atom. The molecule has 2 aliphatic heterocycles. The molecule has 0 spiro atoms. The van der Waals surface area contributed by atoms with E-state index in [1.165, 1.54) is 4.31 Å². The van der Waals surface area contributed by atoms with Crippen LogP contribution in [-0.4, -0.2) is 69.4 Å². The average Bonchev–Trinajstić information content (AvgIpc) is 2.71. The summed E-state index contributed by atoms with van der Waals surface area (Å²) < 4.78 is 33.3. The van der Waals surface area contributed by atoms with Gasteiger partial charge in [0.05, 0.1) is 17.4 Å². The van der Waals surface area contributed by atoms with E-state index in [2.05, 4.69) is 17.3 Å². The average molecular weight is 424 g/mol. The van der Waals surface area contributed by atoms with E-state index in [9.17, 15) is 13.2 Å². The first-order chi connectivity index (χ1) is 13.8. The van der Waals surface area contributed by atoms with Gasteiger partial charge < -0.3 is 15.0 Å². The van der Waals surface area contributed by atoms with Gasteiger partial charge in [-0.05, 0) is 83.4 Å². The van der Waals surface area contributed by atoms with Gasteiger partial charge in [0.2, 0.25) is 15.9 Å². The summed E-state index contributed by atoms with van der Waals surface area (Å²) in [4.78, 5) is 15.3. The summed E-state index contributed by atoms with van der Waals surface area (Å²) in [5, 5.41) is 3.15. The molecule has 1 N–H and O–H groups in total. The van der Waals surface area contributed by atoms with Crippen LogP contribution in [0.3, 0.4) is 0 Å². The normalized spacial score (nSPS) is 22.4. The molecular formula is C21H33N3O4S. The first-order valence-corrected chi connectivity index (χ1v) is 12.0. The van der Waals surface area contributed by atoms with Crippen molar-refractivity contribution in [1.29, 1.82) is 0 Å². The van der Waals surface area contributed by atoms with Crippen LogP contribution in [0, 0.1) is 12.8 Å². The van der Waals surface area contributed by atoms with Crippen molar-refractivity contribution in [3.05, 3.63) is 23.8 Å². The zero-order chi connectivity index (χ0) is 21.0. The summed E-state index contributed by atoms with van der Waals surface area (Å²) >= 11 is 0. The number of likely N-dealkylation sites (tertiary alicyclic amines) is 1. The molecule has 1 amide bonds. The molecule has 0 radical (unpaired) electrons. The number of carbonyl (C=O) groups excluding carboxylic acids is 1. The predicted molar refractivity (Wildman–Crippen MR) is 112 cm³/mol. The van der Waals surface area contributed by atoms with Crippen molar-refractivity contribution in [2.75, 3.05) is 39.8 Å². The lowest BCUT2D eigenvalue weighted by atomic mass is 9.97. The Hall–Kier alpha value is -1.64. The minimum absolute atomic E-state index is 0.0117. The monoisotopic (exact) mass is 423 g/mol. The number of amides is 1. The Morgan fingerprint density at radius 1 is 1.21 bits per heavy atom. The van der Waals surface area contributed by atoms with Gasteiger partial charge in [-0.2, -0.15) is 4.31 Å². The SMILES string of the molecule is CCOc1ccc(S(=O)(=O)N2CCCC(C(=O)NC3CCN(C)CC3)C2)cc1C. The number of hydrogen-bond donors (Lipinski definition) is 1. The third kappa shape index (κ3) is 5.29. The zero-order valence-electron chi connectivity index (χ0n) is 17.7. The van der Waals surface area contributed by atoms with Crippen LogP contribution >= 0.6 is 0 Å². The summed E-state index contributed by atoms with van der Waals surface area (Å²) in [6.45, 7) is 6.93. The Bertz CT molecular complexity index is 819. The number of benzene rings is 1. The highest BCUT2D eigenvalue weighted by Crippen LogP contribution is 2.27. The number of nitrogens with one attached hydrogen (secondary N) is 1. The molecule has 0 bridgehead atoms. The molecule has 0 aliphatic carbocycles. The molecule has 2 heterocycles. The fraction of sp³-hybridized carbons (Fsp3) is 0.667. The number of aryl methyl sites for hydroxylation is 1. The standard InChI is InChI=1S/C21H33N3O4S/c1-4-28-20-8-7-19(14-16(20)2)29(26,27)24-11-5-6-17(15-24)21(25)22-18-9-12-23(3)13-10-18/h7-8,14,17-18H,4-6,9-13,15H2,1-3H3,(H,22,25). The Labute approximate surface area is 174 Å². The van der Waals surface area contributed by atoms with Crippen molar-refractivity contribution < 1.29 is 17.9 Å².